The molecule has 364 valence electrons. The van der Waals surface area contributed by atoms with Crippen LogP contribution in [0.1, 0.15) is 226 Å². The van der Waals surface area contributed by atoms with E-state index in [1.807, 2.05) is 0 Å². The van der Waals surface area contributed by atoms with Crippen LogP contribution < -0.4 is 0 Å². The van der Waals surface area contributed by atoms with Gasteiger partial charge in [0.1, 0.15) is 6.61 Å². The summed E-state index contributed by atoms with van der Waals surface area (Å²) in [4.78, 5) is 25.4. The van der Waals surface area contributed by atoms with Gasteiger partial charge in [-0.2, -0.15) is 0 Å². The number of esters is 2. The molecule has 0 bridgehead atoms. The fourth-order valence-corrected chi connectivity index (χ4v) is 6.94. The van der Waals surface area contributed by atoms with E-state index >= 15 is 0 Å². The molecule has 0 saturated carbocycles. The number of allylic oxidation sites excluding steroid dienone is 18. The minimum atomic E-state index is -0.562. The van der Waals surface area contributed by atoms with Gasteiger partial charge in [-0.15, -0.1) is 0 Å². The Hall–Kier alpha value is -3.44. The van der Waals surface area contributed by atoms with E-state index < -0.39 is 6.10 Å². The van der Waals surface area contributed by atoms with E-state index in [1.165, 1.54) is 70.6 Å². The number of hydrogen-bond donors (Lipinski definition) is 0. The molecule has 0 spiro atoms. The average molecular weight is 887 g/mol. The molecule has 0 aromatic rings. The highest BCUT2D eigenvalue weighted by atomic mass is 16.6. The zero-order valence-corrected chi connectivity index (χ0v) is 41.8. The summed E-state index contributed by atoms with van der Waals surface area (Å²) in [6.07, 6.45) is 73.8. The Bertz CT molecular complexity index is 1280. The summed E-state index contributed by atoms with van der Waals surface area (Å²) >= 11 is 0. The highest BCUT2D eigenvalue weighted by Crippen LogP contribution is 2.13. The highest BCUT2D eigenvalue weighted by molar-refractivity contribution is 5.70. The molecule has 5 heteroatoms. The molecule has 0 saturated heterocycles. The molecule has 1 unspecified atom stereocenters. The first-order chi connectivity index (χ1) is 31.6. The smallest absolute Gasteiger partial charge is 0.306 e. The summed E-state index contributed by atoms with van der Waals surface area (Å²) in [5, 5.41) is 0. The number of unbranched alkanes of at least 4 members (excludes halogenated alkanes) is 18. The Kier molecular flexibility index (Phi) is 51.0. The SMILES string of the molecule is CC/C=C\C/C=C\C/C=C\C/C=C\C/C=C\CCCCCC(=O)OCC(COCCCCCCCCCCCC)OC(=O)CCCCCCCC/C=C\C/C=C\C/C=C\C/C=C\CC. The molecule has 0 N–H and O–H groups in total. The van der Waals surface area contributed by atoms with Crippen molar-refractivity contribution < 1.29 is 23.8 Å². The van der Waals surface area contributed by atoms with Crippen LogP contribution >= 0.6 is 0 Å². The van der Waals surface area contributed by atoms with Gasteiger partial charge in [0.2, 0.25) is 0 Å². The normalized spacial score (nSPS) is 13.1. The molecular weight excluding hydrogens is 789 g/mol. The minimum Gasteiger partial charge on any atom is -0.462 e. The largest absolute Gasteiger partial charge is 0.462 e. The van der Waals surface area contributed by atoms with Gasteiger partial charge in [-0.3, -0.25) is 9.59 Å². The maximum Gasteiger partial charge on any atom is 0.306 e. The van der Waals surface area contributed by atoms with E-state index in [0.717, 1.165) is 122 Å². The molecule has 0 aliphatic rings. The van der Waals surface area contributed by atoms with E-state index in [-0.39, 0.29) is 25.2 Å². The minimum absolute atomic E-state index is 0.0575. The van der Waals surface area contributed by atoms with Gasteiger partial charge in [0.05, 0.1) is 6.61 Å². The van der Waals surface area contributed by atoms with Crippen LogP contribution in [0.4, 0.5) is 0 Å². The van der Waals surface area contributed by atoms with Gasteiger partial charge >= 0.3 is 11.9 Å². The predicted octanol–water partition coefficient (Wildman–Crippen LogP) is 18.0. The van der Waals surface area contributed by atoms with Crippen molar-refractivity contribution in [1.82, 2.24) is 0 Å². The van der Waals surface area contributed by atoms with Gasteiger partial charge < -0.3 is 14.2 Å². The lowest BCUT2D eigenvalue weighted by atomic mass is 10.1. The first kappa shape index (κ1) is 60.6. The maximum absolute atomic E-state index is 12.8. The Balaban J connectivity index is 4.32. The van der Waals surface area contributed by atoms with Crippen LogP contribution in [0, 0.1) is 0 Å². The molecule has 0 rings (SSSR count). The van der Waals surface area contributed by atoms with Crippen LogP contribution in [0.2, 0.25) is 0 Å². The lowest BCUT2D eigenvalue weighted by Crippen LogP contribution is -2.30. The summed E-state index contributed by atoms with van der Waals surface area (Å²) in [6, 6.07) is 0. The Morgan fingerprint density at radius 2 is 0.703 bits per heavy atom. The molecule has 0 aromatic heterocycles. The van der Waals surface area contributed by atoms with Gasteiger partial charge in [-0.05, 0) is 103 Å². The summed E-state index contributed by atoms with van der Waals surface area (Å²) in [5.74, 6) is -0.453. The van der Waals surface area contributed by atoms with Crippen LogP contribution in [0.25, 0.3) is 0 Å². The van der Waals surface area contributed by atoms with Gasteiger partial charge in [-0.25, -0.2) is 0 Å². The van der Waals surface area contributed by atoms with Crippen LogP contribution in [0.3, 0.4) is 0 Å². The third-order valence-corrected chi connectivity index (χ3v) is 10.8. The molecule has 0 fully saturated rings. The van der Waals surface area contributed by atoms with E-state index in [4.69, 9.17) is 14.2 Å². The molecule has 0 amide bonds. The van der Waals surface area contributed by atoms with Crippen molar-refractivity contribution in [1.29, 1.82) is 0 Å². The Labute approximate surface area is 395 Å². The predicted molar refractivity (Wildman–Crippen MR) is 279 cm³/mol. The zero-order valence-electron chi connectivity index (χ0n) is 41.8. The lowest BCUT2D eigenvalue weighted by Gasteiger charge is -2.18. The number of rotatable bonds is 47. The van der Waals surface area contributed by atoms with Crippen molar-refractivity contribution in [3.63, 3.8) is 0 Å². The summed E-state index contributed by atoms with van der Waals surface area (Å²) < 4.78 is 17.4. The summed E-state index contributed by atoms with van der Waals surface area (Å²) in [6.45, 7) is 7.54. The monoisotopic (exact) mass is 887 g/mol. The molecule has 64 heavy (non-hydrogen) atoms. The molecule has 0 aliphatic carbocycles. The highest BCUT2D eigenvalue weighted by Gasteiger charge is 2.17. The van der Waals surface area contributed by atoms with Crippen molar-refractivity contribution in [2.24, 2.45) is 0 Å². The van der Waals surface area contributed by atoms with Crippen molar-refractivity contribution in [3.05, 3.63) is 109 Å². The Morgan fingerprint density at radius 1 is 0.359 bits per heavy atom. The fraction of sp³-hybridized carbons (Fsp3) is 0.661. The molecule has 5 nitrogen and oxygen atoms in total. The summed E-state index contributed by atoms with van der Waals surface area (Å²) in [5.41, 5.74) is 0. The molecule has 0 aliphatic heterocycles. The average Bonchev–Trinajstić information content (AvgIpc) is 3.30. The maximum atomic E-state index is 12.8. The zero-order chi connectivity index (χ0) is 46.3. The van der Waals surface area contributed by atoms with Crippen LogP contribution in [-0.2, 0) is 23.8 Å². The third kappa shape index (κ3) is 51.2. The standard InChI is InChI=1S/C59H98O5/c1-4-7-10-13-16-19-22-24-26-28-30-32-34-36-38-40-43-46-49-52-58(60)63-56-57(55-62-54-51-48-45-42-21-18-15-12-9-6-3)64-59(61)53-50-47-44-41-39-37-35-33-31-29-27-25-23-20-17-14-11-8-5-2/h7-8,10-11,16-17,19-20,24-27,30-33,36,38,57H,4-6,9,12-15,18,21-23,28-29,34-35,37,39-56H2,1-3H3/b10-7-,11-8-,19-16-,20-17-,26-24-,27-25-,32-30-,33-31-,38-36-. The van der Waals surface area contributed by atoms with Gasteiger partial charge in [-0.1, -0.05) is 220 Å². The van der Waals surface area contributed by atoms with Gasteiger partial charge in [0.25, 0.3) is 0 Å². The van der Waals surface area contributed by atoms with E-state index in [1.54, 1.807) is 0 Å². The van der Waals surface area contributed by atoms with Gasteiger partial charge in [0, 0.05) is 19.4 Å². The molecule has 0 aromatic carbocycles. The lowest BCUT2D eigenvalue weighted by molar-refractivity contribution is -0.163. The summed E-state index contributed by atoms with van der Waals surface area (Å²) in [7, 11) is 0. The van der Waals surface area contributed by atoms with Crippen LogP contribution in [0.5, 0.6) is 0 Å². The number of carbonyl (C=O) groups excluding carboxylic acids is 2. The first-order valence-electron chi connectivity index (χ1n) is 26.4. The van der Waals surface area contributed by atoms with E-state index in [9.17, 15) is 9.59 Å². The van der Waals surface area contributed by atoms with Crippen molar-refractivity contribution in [2.75, 3.05) is 19.8 Å². The van der Waals surface area contributed by atoms with Gasteiger partial charge in [0.15, 0.2) is 6.10 Å². The fourth-order valence-electron chi connectivity index (χ4n) is 6.94. The second kappa shape index (κ2) is 53.9. The van der Waals surface area contributed by atoms with Crippen molar-refractivity contribution in [3.8, 4) is 0 Å². The molecular formula is C59H98O5. The third-order valence-electron chi connectivity index (χ3n) is 10.8. The first-order valence-corrected chi connectivity index (χ1v) is 26.4. The van der Waals surface area contributed by atoms with Crippen LogP contribution in [-0.4, -0.2) is 37.9 Å². The van der Waals surface area contributed by atoms with Crippen molar-refractivity contribution >= 4 is 11.9 Å². The second-order valence-electron chi connectivity index (χ2n) is 17.0. The molecule has 0 heterocycles. The van der Waals surface area contributed by atoms with Crippen LogP contribution in [0.15, 0.2) is 109 Å². The quantitative estimate of drug-likeness (QED) is 0.0346. The number of carbonyl (C=O) groups is 2. The second-order valence-corrected chi connectivity index (χ2v) is 17.0. The van der Waals surface area contributed by atoms with E-state index in [2.05, 4.69) is 130 Å². The molecule has 1 atom stereocenters. The molecule has 0 radical (unpaired) electrons. The number of ether oxygens (including phenoxy) is 3. The topological polar surface area (TPSA) is 61.8 Å². The Morgan fingerprint density at radius 3 is 1.14 bits per heavy atom. The van der Waals surface area contributed by atoms with E-state index in [0.29, 0.717) is 19.4 Å². The number of hydrogen-bond acceptors (Lipinski definition) is 5. The van der Waals surface area contributed by atoms with Crippen molar-refractivity contribution in [2.45, 2.75) is 232 Å².